The van der Waals surface area contributed by atoms with E-state index in [1.165, 1.54) is 6.07 Å². The second-order valence-corrected chi connectivity index (χ2v) is 5.06. The highest BCUT2D eigenvalue weighted by Crippen LogP contribution is 2.38. The fraction of sp³-hybridized carbons (Fsp3) is 0.200. The van der Waals surface area contributed by atoms with Crippen molar-refractivity contribution in [2.45, 2.75) is 20.8 Å². The van der Waals surface area contributed by atoms with Gasteiger partial charge in [0.05, 0.1) is 4.92 Å². The van der Waals surface area contributed by atoms with Crippen LogP contribution in [-0.4, -0.2) is 4.92 Å². The Bertz CT molecular complexity index is 683. The number of para-hydroxylation sites is 1. The van der Waals surface area contributed by atoms with Crippen molar-refractivity contribution in [3.8, 4) is 11.5 Å². The molecular formula is C15H14ClNO3. The molecule has 0 N–H and O–H groups in total. The molecule has 0 fully saturated rings. The van der Waals surface area contributed by atoms with Crippen molar-refractivity contribution in [3.05, 3.63) is 62.2 Å². The van der Waals surface area contributed by atoms with Gasteiger partial charge in [0.15, 0.2) is 0 Å². The van der Waals surface area contributed by atoms with Gasteiger partial charge in [-0.1, -0.05) is 23.7 Å². The molecule has 0 saturated carbocycles. The van der Waals surface area contributed by atoms with Crippen LogP contribution in [0.4, 0.5) is 5.69 Å². The summed E-state index contributed by atoms with van der Waals surface area (Å²) in [6, 6.07) is 8.53. The van der Waals surface area contributed by atoms with Crippen molar-refractivity contribution >= 4 is 17.3 Å². The van der Waals surface area contributed by atoms with E-state index < -0.39 is 4.92 Å². The number of halogens is 1. The van der Waals surface area contributed by atoms with Crippen LogP contribution >= 0.6 is 11.6 Å². The number of benzene rings is 2. The van der Waals surface area contributed by atoms with Crippen LogP contribution in [0, 0.1) is 30.9 Å². The van der Waals surface area contributed by atoms with Gasteiger partial charge in [-0.3, -0.25) is 10.1 Å². The molecule has 0 amide bonds. The molecule has 0 radical (unpaired) electrons. The Kier molecular flexibility index (Phi) is 3.95. The van der Waals surface area contributed by atoms with Crippen LogP contribution in [0.1, 0.15) is 16.7 Å². The summed E-state index contributed by atoms with van der Waals surface area (Å²) < 4.78 is 5.72. The molecule has 0 aliphatic rings. The second-order valence-electron chi connectivity index (χ2n) is 4.65. The minimum Gasteiger partial charge on any atom is -0.450 e. The van der Waals surface area contributed by atoms with E-state index in [-0.39, 0.29) is 16.5 Å². The van der Waals surface area contributed by atoms with Crippen LogP contribution in [0.3, 0.4) is 0 Å². The summed E-state index contributed by atoms with van der Waals surface area (Å²) in [5, 5.41) is 11.2. The molecule has 4 nitrogen and oxygen atoms in total. The van der Waals surface area contributed by atoms with E-state index >= 15 is 0 Å². The monoisotopic (exact) mass is 291 g/mol. The third-order valence-electron chi connectivity index (χ3n) is 3.12. The summed E-state index contributed by atoms with van der Waals surface area (Å²) >= 11 is 5.87. The number of hydrogen-bond donors (Lipinski definition) is 0. The van der Waals surface area contributed by atoms with Crippen LogP contribution in [0.5, 0.6) is 11.5 Å². The fourth-order valence-corrected chi connectivity index (χ4v) is 2.22. The van der Waals surface area contributed by atoms with Gasteiger partial charge < -0.3 is 4.74 Å². The molecule has 5 heteroatoms. The third-order valence-corrected chi connectivity index (χ3v) is 3.42. The van der Waals surface area contributed by atoms with Gasteiger partial charge in [0, 0.05) is 0 Å². The molecule has 0 unspecified atom stereocenters. The van der Waals surface area contributed by atoms with Gasteiger partial charge >= 0.3 is 5.69 Å². The largest absolute Gasteiger partial charge is 0.450 e. The Labute approximate surface area is 122 Å². The molecule has 0 atom stereocenters. The Morgan fingerprint density at radius 1 is 1.15 bits per heavy atom. The zero-order chi connectivity index (χ0) is 14.9. The lowest BCUT2D eigenvalue weighted by atomic mass is 10.1. The Balaban J connectivity index is 2.51. The maximum Gasteiger partial charge on any atom is 0.329 e. The highest BCUT2D eigenvalue weighted by molar-refractivity contribution is 6.32. The predicted molar refractivity (Wildman–Crippen MR) is 78.8 cm³/mol. The Morgan fingerprint density at radius 3 is 2.50 bits per heavy atom. The van der Waals surface area contributed by atoms with Crippen LogP contribution < -0.4 is 4.74 Å². The fourth-order valence-electron chi connectivity index (χ4n) is 1.98. The highest BCUT2D eigenvalue weighted by Gasteiger charge is 2.21. The molecule has 0 spiro atoms. The zero-order valence-corrected chi connectivity index (χ0v) is 12.2. The van der Waals surface area contributed by atoms with E-state index in [0.717, 1.165) is 16.7 Å². The highest BCUT2D eigenvalue weighted by atomic mass is 35.5. The van der Waals surface area contributed by atoms with Crippen molar-refractivity contribution in [2.75, 3.05) is 0 Å². The zero-order valence-electron chi connectivity index (χ0n) is 11.4. The van der Waals surface area contributed by atoms with Crippen LogP contribution in [0.25, 0.3) is 0 Å². The summed E-state index contributed by atoms with van der Waals surface area (Å²) in [5.74, 6) is 0.753. The first-order chi connectivity index (χ1) is 9.40. The van der Waals surface area contributed by atoms with Gasteiger partial charge in [-0.05, 0) is 55.7 Å². The van der Waals surface area contributed by atoms with Gasteiger partial charge in [-0.25, -0.2) is 0 Å². The normalized spacial score (nSPS) is 10.4. The van der Waals surface area contributed by atoms with Crippen molar-refractivity contribution < 1.29 is 9.66 Å². The minimum atomic E-state index is -0.532. The van der Waals surface area contributed by atoms with E-state index in [4.69, 9.17) is 16.3 Å². The smallest absolute Gasteiger partial charge is 0.329 e. The maximum absolute atomic E-state index is 11.1. The van der Waals surface area contributed by atoms with Crippen molar-refractivity contribution in [2.24, 2.45) is 0 Å². The molecule has 2 aromatic carbocycles. The van der Waals surface area contributed by atoms with Gasteiger partial charge in [-0.2, -0.15) is 0 Å². The van der Waals surface area contributed by atoms with Crippen LogP contribution in [-0.2, 0) is 0 Å². The van der Waals surface area contributed by atoms with Crippen molar-refractivity contribution in [1.29, 1.82) is 0 Å². The van der Waals surface area contributed by atoms with Gasteiger partial charge in [0.2, 0.25) is 5.75 Å². The van der Waals surface area contributed by atoms with E-state index in [9.17, 15) is 10.1 Å². The molecule has 104 valence electrons. The standard InChI is InChI=1S/C15H14ClNO3/c1-9-7-10(2)11(3)14(8-9)20-13-6-4-5-12(16)15(13)17(18)19/h4-8H,1-3H3. The molecule has 0 heterocycles. The molecule has 0 aliphatic carbocycles. The van der Waals surface area contributed by atoms with Crippen molar-refractivity contribution in [3.63, 3.8) is 0 Å². The maximum atomic E-state index is 11.1. The summed E-state index contributed by atoms with van der Waals surface area (Å²) in [4.78, 5) is 10.6. The topological polar surface area (TPSA) is 52.4 Å². The summed E-state index contributed by atoms with van der Waals surface area (Å²) in [6.45, 7) is 5.84. The first-order valence-corrected chi connectivity index (χ1v) is 6.46. The Hall–Kier alpha value is -2.07. The number of rotatable bonds is 3. The summed E-state index contributed by atoms with van der Waals surface area (Å²) in [6.07, 6.45) is 0. The lowest BCUT2D eigenvalue weighted by Crippen LogP contribution is -1.96. The molecule has 0 aliphatic heterocycles. The second kappa shape index (κ2) is 5.51. The first-order valence-electron chi connectivity index (χ1n) is 6.08. The van der Waals surface area contributed by atoms with Crippen molar-refractivity contribution in [1.82, 2.24) is 0 Å². The quantitative estimate of drug-likeness (QED) is 0.593. The molecule has 0 saturated heterocycles. The van der Waals surface area contributed by atoms with Gasteiger partial charge in [0.1, 0.15) is 10.8 Å². The number of nitro groups is 1. The number of hydrogen-bond acceptors (Lipinski definition) is 3. The summed E-state index contributed by atoms with van der Waals surface area (Å²) in [7, 11) is 0. The number of nitro benzene ring substituents is 1. The SMILES string of the molecule is Cc1cc(C)c(C)c(Oc2cccc(Cl)c2[N+](=O)[O-])c1. The molecular weight excluding hydrogens is 278 g/mol. The Morgan fingerprint density at radius 2 is 1.85 bits per heavy atom. The van der Waals surface area contributed by atoms with E-state index in [1.807, 2.05) is 32.9 Å². The molecule has 0 aromatic heterocycles. The third kappa shape index (κ3) is 2.75. The average molecular weight is 292 g/mol. The van der Waals surface area contributed by atoms with Gasteiger partial charge in [-0.15, -0.1) is 0 Å². The van der Waals surface area contributed by atoms with E-state index in [2.05, 4.69) is 0 Å². The lowest BCUT2D eigenvalue weighted by molar-refractivity contribution is -0.385. The molecule has 2 aromatic rings. The number of nitrogens with zero attached hydrogens (tertiary/aromatic N) is 1. The molecule has 2 rings (SSSR count). The minimum absolute atomic E-state index is 0.0644. The molecule has 20 heavy (non-hydrogen) atoms. The van der Waals surface area contributed by atoms with Gasteiger partial charge in [0.25, 0.3) is 0 Å². The summed E-state index contributed by atoms with van der Waals surface area (Å²) in [5.41, 5.74) is 2.84. The predicted octanol–water partition coefficient (Wildman–Crippen LogP) is 4.97. The average Bonchev–Trinajstić information content (AvgIpc) is 2.35. The van der Waals surface area contributed by atoms with Crippen LogP contribution in [0.15, 0.2) is 30.3 Å². The number of ether oxygens (including phenoxy) is 1. The van der Waals surface area contributed by atoms with E-state index in [1.54, 1.807) is 12.1 Å². The lowest BCUT2D eigenvalue weighted by Gasteiger charge is -2.12. The van der Waals surface area contributed by atoms with E-state index in [0.29, 0.717) is 5.75 Å². The number of aryl methyl sites for hydroxylation is 2. The molecule has 0 bridgehead atoms. The first kappa shape index (κ1) is 14.3. The van der Waals surface area contributed by atoms with Crippen LogP contribution in [0.2, 0.25) is 5.02 Å².